The van der Waals surface area contributed by atoms with Crippen LogP contribution in [0.3, 0.4) is 0 Å². The molecule has 2 rings (SSSR count). The fourth-order valence-corrected chi connectivity index (χ4v) is 2.02. The Morgan fingerprint density at radius 2 is 2.25 bits per heavy atom. The van der Waals surface area contributed by atoms with Crippen molar-refractivity contribution in [3.05, 3.63) is 35.5 Å². The number of alkyl halides is 1. The highest BCUT2D eigenvalue weighted by molar-refractivity contribution is 9.08. The van der Waals surface area contributed by atoms with Gasteiger partial charge in [0, 0.05) is 22.4 Å². The van der Waals surface area contributed by atoms with E-state index in [1.807, 2.05) is 0 Å². The standard InChI is InChI=1S/C10H10BrN/c1-7-6-12-9-4-2-3-8(5-11)10(7)9/h2-4,6,12H,5H2,1H3. The Balaban J connectivity index is 2.84. The molecule has 0 aliphatic heterocycles. The molecule has 1 aromatic carbocycles. The molecule has 0 aliphatic carbocycles. The average molecular weight is 224 g/mol. The van der Waals surface area contributed by atoms with Crippen LogP contribution in [0, 0.1) is 6.92 Å². The van der Waals surface area contributed by atoms with Gasteiger partial charge < -0.3 is 4.98 Å². The van der Waals surface area contributed by atoms with E-state index < -0.39 is 0 Å². The van der Waals surface area contributed by atoms with E-state index in [0.29, 0.717) is 0 Å². The van der Waals surface area contributed by atoms with Gasteiger partial charge in [0.15, 0.2) is 0 Å². The summed E-state index contributed by atoms with van der Waals surface area (Å²) in [6.45, 7) is 2.13. The van der Waals surface area contributed by atoms with Crippen LogP contribution in [-0.2, 0) is 5.33 Å². The van der Waals surface area contributed by atoms with E-state index in [2.05, 4.69) is 52.2 Å². The molecule has 0 saturated heterocycles. The molecule has 12 heavy (non-hydrogen) atoms. The second-order valence-corrected chi connectivity index (χ2v) is 3.51. The zero-order valence-corrected chi connectivity index (χ0v) is 8.48. The SMILES string of the molecule is Cc1c[nH]c2cccc(CBr)c12. The first kappa shape index (κ1) is 7.87. The number of benzene rings is 1. The van der Waals surface area contributed by atoms with Crippen molar-refractivity contribution in [1.29, 1.82) is 0 Å². The number of hydrogen-bond donors (Lipinski definition) is 1. The Labute approximate surface area is 79.9 Å². The van der Waals surface area contributed by atoms with Gasteiger partial charge >= 0.3 is 0 Å². The minimum absolute atomic E-state index is 0.920. The largest absolute Gasteiger partial charge is 0.361 e. The zero-order chi connectivity index (χ0) is 8.55. The van der Waals surface area contributed by atoms with Crippen LogP contribution in [0.2, 0.25) is 0 Å². The van der Waals surface area contributed by atoms with E-state index in [9.17, 15) is 0 Å². The summed E-state index contributed by atoms with van der Waals surface area (Å²) in [6.07, 6.45) is 2.05. The number of nitrogens with one attached hydrogen (secondary N) is 1. The highest BCUT2D eigenvalue weighted by Crippen LogP contribution is 2.23. The normalized spacial score (nSPS) is 10.8. The van der Waals surface area contributed by atoms with Gasteiger partial charge in [0.05, 0.1) is 0 Å². The molecule has 2 aromatic rings. The maximum Gasteiger partial charge on any atom is 0.0459 e. The van der Waals surface area contributed by atoms with Crippen molar-refractivity contribution in [1.82, 2.24) is 4.98 Å². The lowest BCUT2D eigenvalue weighted by atomic mass is 10.1. The first-order valence-electron chi connectivity index (χ1n) is 3.94. The van der Waals surface area contributed by atoms with Gasteiger partial charge in [-0.1, -0.05) is 28.1 Å². The highest BCUT2D eigenvalue weighted by Gasteiger charge is 2.02. The molecule has 2 heteroatoms. The van der Waals surface area contributed by atoms with Crippen molar-refractivity contribution in [3.8, 4) is 0 Å². The lowest BCUT2D eigenvalue weighted by Crippen LogP contribution is -1.79. The number of aromatic nitrogens is 1. The molecule has 1 nitrogen and oxygen atoms in total. The van der Waals surface area contributed by atoms with Crippen molar-refractivity contribution < 1.29 is 0 Å². The van der Waals surface area contributed by atoms with Crippen LogP contribution in [-0.4, -0.2) is 4.98 Å². The Bertz CT molecular complexity index is 403. The van der Waals surface area contributed by atoms with Gasteiger partial charge in [0.25, 0.3) is 0 Å². The first-order valence-corrected chi connectivity index (χ1v) is 5.06. The summed E-state index contributed by atoms with van der Waals surface area (Å²) in [5.41, 5.74) is 3.90. The van der Waals surface area contributed by atoms with Crippen LogP contribution in [0.15, 0.2) is 24.4 Å². The number of aromatic amines is 1. The third kappa shape index (κ3) is 1.07. The Morgan fingerprint density at radius 1 is 1.42 bits per heavy atom. The average Bonchev–Trinajstić information content (AvgIpc) is 2.48. The quantitative estimate of drug-likeness (QED) is 0.714. The van der Waals surface area contributed by atoms with E-state index in [0.717, 1.165) is 5.33 Å². The number of H-pyrrole nitrogens is 1. The third-order valence-electron chi connectivity index (χ3n) is 2.13. The number of halogens is 1. The lowest BCUT2D eigenvalue weighted by molar-refractivity contribution is 1.43. The summed E-state index contributed by atoms with van der Waals surface area (Å²) in [5.74, 6) is 0. The van der Waals surface area contributed by atoms with Gasteiger partial charge in [-0.25, -0.2) is 0 Å². The van der Waals surface area contributed by atoms with Crippen LogP contribution in [0.25, 0.3) is 10.9 Å². The smallest absolute Gasteiger partial charge is 0.0459 e. The molecule has 1 heterocycles. The van der Waals surface area contributed by atoms with Gasteiger partial charge in [-0.05, 0) is 24.1 Å². The van der Waals surface area contributed by atoms with Crippen LogP contribution < -0.4 is 0 Å². The number of hydrogen-bond acceptors (Lipinski definition) is 0. The summed E-state index contributed by atoms with van der Waals surface area (Å²) < 4.78 is 0. The maximum absolute atomic E-state index is 3.48. The van der Waals surface area contributed by atoms with E-state index in [-0.39, 0.29) is 0 Å². The Kier molecular flexibility index (Phi) is 1.93. The molecule has 0 bridgehead atoms. The molecular weight excluding hydrogens is 214 g/mol. The third-order valence-corrected chi connectivity index (χ3v) is 2.74. The van der Waals surface area contributed by atoms with Crippen molar-refractivity contribution in [2.45, 2.75) is 12.3 Å². The van der Waals surface area contributed by atoms with Crippen LogP contribution in [0.1, 0.15) is 11.1 Å². The van der Waals surface area contributed by atoms with E-state index in [1.54, 1.807) is 0 Å². The molecule has 0 spiro atoms. The predicted octanol–water partition coefficient (Wildman–Crippen LogP) is 3.37. The molecule has 0 saturated carbocycles. The van der Waals surface area contributed by atoms with Crippen LogP contribution >= 0.6 is 15.9 Å². The van der Waals surface area contributed by atoms with Gasteiger partial charge in [-0.3, -0.25) is 0 Å². The minimum atomic E-state index is 0.920. The zero-order valence-electron chi connectivity index (χ0n) is 6.89. The minimum Gasteiger partial charge on any atom is -0.361 e. The topological polar surface area (TPSA) is 15.8 Å². The molecule has 0 unspecified atom stereocenters. The second kappa shape index (κ2) is 2.94. The number of fused-ring (bicyclic) bond motifs is 1. The second-order valence-electron chi connectivity index (χ2n) is 2.95. The summed E-state index contributed by atoms with van der Waals surface area (Å²) in [7, 11) is 0. The van der Waals surface area contributed by atoms with Gasteiger partial charge in [0.1, 0.15) is 0 Å². The molecule has 0 radical (unpaired) electrons. The molecule has 62 valence electrons. The molecule has 0 amide bonds. The van der Waals surface area contributed by atoms with Crippen molar-refractivity contribution in [2.75, 3.05) is 0 Å². The molecular formula is C10H10BrN. The monoisotopic (exact) mass is 223 g/mol. The molecule has 1 N–H and O–H groups in total. The van der Waals surface area contributed by atoms with Crippen LogP contribution in [0.4, 0.5) is 0 Å². The fraction of sp³-hybridized carbons (Fsp3) is 0.200. The summed E-state index contributed by atoms with van der Waals surface area (Å²) in [6, 6.07) is 6.33. The van der Waals surface area contributed by atoms with Crippen molar-refractivity contribution in [3.63, 3.8) is 0 Å². The first-order chi connectivity index (χ1) is 5.83. The summed E-state index contributed by atoms with van der Waals surface area (Å²) >= 11 is 3.48. The van der Waals surface area contributed by atoms with Gasteiger partial charge in [-0.2, -0.15) is 0 Å². The number of aryl methyl sites for hydroxylation is 1. The maximum atomic E-state index is 3.48. The Morgan fingerprint density at radius 3 is 3.00 bits per heavy atom. The van der Waals surface area contributed by atoms with E-state index in [1.165, 1.54) is 22.0 Å². The molecule has 0 aliphatic rings. The van der Waals surface area contributed by atoms with Crippen molar-refractivity contribution in [2.24, 2.45) is 0 Å². The van der Waals surface area contributed by atoms with E-state index in [4.69, 9.17) is 0 Å². The molecule has 0 atom stereocenters. The molecule has 1 aromatic heterocycles. The Hall–Kier alpha value is -0.760. The lowest BCUT2D eigenvalue weighted by Gasteiger charge is -1.98. The van der Waals surface area contributed by atoms with Crippen molar-refractivity contribution >= 4 is 26.8 Å². The fourth-order valence-electron chi connectivity index (χ4n) is 1.56. The van der Waals surface area contributed by atoms with Gasteiger partial charge in [0.2, 0.25) is 0 Å². The molecule has 0 fully saturated rings. The van der Waals surface area contributed by atoms with Crippen LogP contribution in [0.5, 0.6) is 0 Å². The highest BCUT2D eigenvalue weighted by atomic mass is 79.9. The van der Waals surface area contributed by atoms with Gasteiger partial charge in [-0.15, -0.1) is 0 Å². The van der Waals surface area contributed by atoms with E-state index >= 15 is 0 Å². The summed E-state index contributed by atoms with van der Waals surface area (Å²) in [5, 5.41) is 2.28. The predicted molar refractivity (Wildman–Crippen MR) is 55.7 cm³/mol. The summed E-state index contributed by atoms with van der Waals surface area (Å²) in [4.78, 5) is 3.24. The number of rotatable bonds is 1.